The standard InChI is InChI=1S/C27H18F6O4S2/c1-15-13-19(17-9-5-3-6-10-17)38(34,35)23(15)21-22(26(30,31)27(32,33)25(21,28)29)24-16(2)14-20(39(24,36)37)18-11-7-4-8-12-18/h3-14H,1-2H3. The second kappa shape index (κ2) is 8.31. The number of allylic oxidation sites excluding steroid dienone is 6. The van der Waals surface area contributed by atoms with E-state index in [9.17, 15) is 25.6 Å². The van der Waals surface area contributed by atoms with Crippen molar-refractivity contribution in [3.05, 3.63) is 116 Å². The minimum atomic E-state index is -6.14. The largest absolute Gasteiger partial charge is 0.380 e. The highest BCUT2D eigenvalue weighted by Crippen LogP contribution is 2.65. The molecule has 2 aromatic carbocycles. The van der Waals surface area contributed by atoms with Crippen molar-refractivity contribution in [3.8, 4) is 0 Å². The van der Waals surface area contributed by atoms with Crippen LogP contribution in [0.4, 0.5) is 26.3 Å². The summed E-state index contributed by atoms with van der Waals surface area (Å²) in [4.78, 5) is -4.08. The average molecular weight is 585 g/mol. The monoisotopic (exact) mass is 584 g/mol. The molecule has 0 radical (unpaired) electrons. The lowest BCUT2D eigenvalue weighted by atomic mass is 10.0. The zero-order valence-electron chi connectivity index (χ0n) is 20.1. The van der Waals surface area contributed by atoms with Gasteiger partial charge in [-0.05, 0) is 48.3 Å². The molecule has 3 aliphatic rings. The van der Waals surface area contributed by atoms with Gasteiger partial charge in [0.15, 0.2) is 0 Å². The van der Waals surface area contributed by atoms with E-state index in [1.165, 1.54) is 60.7 Å². The molecule has 39 heavy (non-hydrogen) atoms. The molecule has 2 aromatic rings. The second-order valence-corrected chi connectivity index (χ2v) is 13.0. The van der Waals surface area contributed by atoms with Crippen LogP contribution in [0.5, 0.6) is 0 Å². The molecule has 12 heteroatoms. The maximum Gasteiger partial charge on any atom is 0.380 e. The predicted octanol–water partition coefficient (Wildman–Crippen LogP) is 6.69. The summed E-state index contributed by atoms with van der Waals surface area (Å²) in [5.74, 6) is -17.6. The third kappa shape index (κ3) is 3.50. The first-order valence-electron chi connectivity index (χ1n) is 11.3. The molecule has 0 saturated heterocycles. The van der Waals surface area contributed by atoms with E-state index in [2.05, 4.69) is 0 Å². The van der Waals surface area contributed by atoms with Crippen LogP contribution in [0.25, 0.3) is 9.81 Å². The lowest BCUT2D eigenvalue weighted by molar-refractivity contribution is -0.263. The quantitative estimate of drug-likeness (QED) is 0.376. The van der Waals surface area contributed by atoms with Gasteiger partial charge in [-0.3, -0.25) is 0 Å². The van der Waals surface area contributed by atoms with Crippen molar-refractivity contribution in [2.75, 3.05) is 0 Å². The molecule has 0 bridgehead atoms. The van der Waals surface area contributed by atoms with E-state index >= 15 is 17.6 Å². The van der Waals surface area contributed by atoms with Crippen molar-refractivity contribution in [3.63, 3.8) is 0 Å². The number of alkyl halides is 6. The number of hydrogen-bond donors (Lipinski definition) is 0. The molecular weight excluding hydrogens is 566 g/mol. The third-order valence-corrected chi connectivity index (χ3v) is 10.8. The van der Waals surface area contributed by atoms with Crippen LogP contribution in [-0.4, -0.2) is 34.6 Å². The summed E-state index contributed by atoms with van der Waals surface area (Å²) < 4.78 is 146. The highest BCUT2D eigenvalue weighted by atomic mass is 32.2. The van der Waals surface area contributed by atoms with E-state index in [4.69, 9.17) is 0 Å². The van der Waals surface area contributed by atoms with Gasteiger partial charge in [0.1, 0.15) is 0 Å². The van der Waals surface area contributed by atoms with E-state index < -0.39 is 79.4 Å². The Balaban J connectivity index is 1.81. The molecule has 0 spiro atoms. The summed E-state index contributed by atoms with van der Waals surface area (Å²) in [5, 5.41) is 0. The zero-order chi connectivity index (χ0) is 28.8. The summed E-state index contributed by atoms with van der Waals surface area (Å²) in [6.45, 7) is 1.99. The SMILES string of the molecule is CC1=C(C2=C(C3=C(C)C=C(c4ccccc4)S3(=O)=O)C(F)(F)C(F)(F)C2(F)F)S(=O)(=O)C(c2ccccc2)=C1. The molecule has 2 heterocycles. The van der Waals surface area contributed by atoms with Crippen molar-refractivity contribution in [2.45, 2.75) is 31.6 Å². The highest BCUT2D eigenvalue weighted by molar-refractivity contribution is 8.05. The van der Waals surface area contributed by atoms with Crippen molar-refractivity contribution < 1.29 is 43.2 Å². The molecule has 5 rings (SSSR count). The van der Waals surface area contributed by atoms with Gasteiger partial charge in [0.05, 0.1) is 30.8 Å². The fourth-order valence-electron chi connectivity index (χ4n) is 5.01. The molecular formula is C27H18F6O4S2. The van der Waals surface area contributed by atoms with Gasteiger partial charge in [0.2, 0.25) is 19.7 Å². The highest BCUT2D eigenvalue weighted by Gasteiger charge is 2.82. The van der Waals surface area contributed by atoms with Crippen LogP contribution in [0.2, 0.25) is 0 Å². The second-order valence-electron chi connectivity index (χ2n) is 9.25. The lowest BCUT2D eigenvalue weighted by Crippen LogP contribution is -2.49. The number of benzene rings is 2. The normalized spacial score (nSPS) is 24.3. The molecule has 0 fully saturated rings. The van der Waals surface area contributed by atoms with E-state index in [1.807, 2.05) is 0 Å². The molecule has 0 N–H and O–H groups in total. The van der Waals surface area contributed by atoms with Gasteiger partial charge in [-0.25, -0.2) is 16.8 Å². The summed E-state index contributed by atoms with van der Waals surface area (Å²) in [6, 6.07) is 14.1. The Morgan fingerprint density at radius 1 is 0.538 bits per heavy atom. The van der Waals surface area contributed by atoms with Crippen molar-refractivity contribution in [1.82, 2.24) is 0 Å². The van der Waals surface area contributed by atoms with Gasteiger partial charge in [-0.15, -0.1) is 0 Å². The first-order valence-corrected chi connectivity index (χ1v) is 14.3. The Morgan fingerprint density at radius 3 is 1.15 bits per heavy atom. The molecule has 0 aromatic heterocycles. The van der Waals surface area contributed by atoms with E-state index in [1.54, 1.807) is 0 Å². The van der Waals surface area contributed by atoms with E-state index in [0.29, 0.717) is 0 Å². The van der Waals surface area contributed by atoms with Crippen LogP contribution >= 0.6 is 0 Å². The van der Waals surface area contributed by atoms with Crippen LogP contribution in [0.3, 0.4) is 0 Å². The molecule has 0 saturated carbocycles. The smallest absolute Gasteiger partial charge is 0.218 e. The average Bonchev–Trinajstić information content (AvgIpc) is 3.28. The number of rotatable bonds is 4. The van der Waals surface area contributed by atoms with Crippen LogP contribution < -0.4 is 0 Å². The van der Waals surface area contributed by atoms with Gasteiger partial charge in [0.25, 0.3) is 0 Å². The lowest BCUT2D eigenvalue weighted by Gasteiger charge is -2.26. The molecule has 4 nitrogen and oxygen atoms in total. The topological polar surface area (TPSA) is 68.3 Å². The summed E-state index contributed by atoms with van der Waals surface area (Å²) in [5.41, 5.74) is -5.47. The van der Waals surface area contributed by atoms with Gasteiger partial charge < -0.3 is 0 Å². The van der Waals surface area contributed by atoms with Crippen LogP contribution in [0, 0.1) is 0 Å². The Morgan fingerprint density at radius 2 is 0.846 bits per heavy atom. The number of sulfone groups is 2. The molecule has 0 atom stereocenters. The summed E-state index contributed by atoms with van der Waals surface area (Å²) in [7, 11) is -10.1. The van der Waals surface area contributed by atoms with Gasteiger partial charge in [0, 0.05) is 0 Å². The Hall–Kier alpha value is -3.38. The molecule has 0 unspecified atom stereocenters. The molecule has 1 aliphatic carbocycles. The maximum atomic E-state index is 15.4. The fraction of sp³-hybridized carbons (Fsp3) is 0.185. The van der Waals surface area contributed by atoms with Crippen molar-refractivity contribution in [2.24, 2.45) is 0 Å². The number of halogens is 6. The molecule has 204 valence electrons. The van der Waals surface area contributed by atoms with E-state index in [0.717, 1.165) is 26.0 Å². The van der Waals surface area contributed by atoms with Crippen LogP contribution in [0.1, 0.15) is 25.0 Å². The van der Waals surface area contributed by atoms with E-state index in [-0.39, 0.29) is 11.1 Å². The first-order chi connectivity index (χ1) is 18.0. The molecule has 2 aliphatic heterocycles. The summed E-state index contributed by atoms with van der Waals surface area (Å²) >= 11 is 0. The minimum Gasteiger partial charge on any atom is -0.218 e. The predicted molar refractivity (Wildman–Crippen MR) is 134 cm³/mol. The zero-order valence-corrected chi connectivity index (χ0v) is 21.8. The summed E-state index contributed by atoms with van der Waals surface area (Å²) in [6.07, 6.45) is 1.82. The third-order valence-electron chi connectivity index (χ3n) is 6.77. The first kappa shape index (κ1) is 27.2. The molecule has 0 amide bonds. The van der Waals surface area contributed by atoms with Crippen molar-refractivity contribution in [1.29, 1.82) is 0 Å². The maximum absolute atomic E-state index is 15.4. The van der Waals surface area contributed by atoms with Gasteiger partial charge in [-0.2, -0.15) is 26.3 Å². The number of hydrogen-bond acceptors (Lipinski definition) is 4. The minimum absolute atomic E-state index is 0.00532. The Bertz CT molecular complexity index is 1670. The van der Waals surface area contributed by atoms with Gasteiger partial charge >= 0.3 is 17.8 Å². The Kier molecular flexibility index (Phi) is 5.80. The van der Waals surface area contributed by atoms with Crippen molar-refractivity contribution >= 4 is 29.5 Å². The van der Waals surface area contributed by atoms with Gasteiger partial charge in [-0.1, -0.05) is 60.7 Å². The Labute approximate surface area is 220 Å². The fourth-order valence-corrected chi connectivity index (χ4v) is 8.97. The van der Waals surface area contributed by atoms with Crippen LogP contribution in [-0.2, 0) is 19.7 Å². The van der Waals surface area contributed by atoms with Crippen LogP contribution in [0.15, 0.2) is 105 Å².